The molecular formula is C25H18N6OS2. The molecule has 34 heavy (non-hydrogen) atoms. The molecule has 5 rings (SSSR count). The molecule has 7 nitrogen and oxygen atoms in total. The standard InChI is InChI=1S/C25H18N6OS2/c1-17-22(33-23(28-17)19-10-4-2-5-11-19)21(32)24-30-31(20-12-6-3-7-13-20)25(34-24)29-27-16-18-9-8-14-26-15-18/h2-16H,1H3/b27-16+,29-25-. The lowest BCUT2D eigenvalue weighted by atomic mass is 10.2. The molecule has 0 fully saturated rings. The minimum absolute atomic E-state index is 0.176. The van der Waals surface area contributed by atoms with Crippen LogP contribution in [0.25, 0.3) is 16.3 Å². The highest BCUT2D eigenvalue weighted by Gasteiger charge is 2.22. The zero-order chi connectivity index (χ0) is 23.3. The number of thiazole rings is 1. The van der Waals surface area contributed by atoms with Gasteiger partial charge in [0, 0.05) is 23.5 Å². The summed E-state index contributed by atoms with van der Waals surface area (Å²) in [4.78, 5) is 23.2. The van der Waals surface area contributed by atoms with Crippen molar-refractivity contribution in [1.82, 2.24) is 19.7 Å². The molecule has 0 radical (unpaired) electrons. The van der Waals surface area contributed by atoms with Crippen LogP contribution in [0, 0.1) is 6.92 Å². The first-order chi connectivity index (χ1) is 16.7. The molecule has 0 saturated carbocycles. The third kappa shape index (κ3) is 4.66. The number of pyridine rings is 1. The minimum Gasteiger partial charge on any atom is -0.285 e. The molecule has 2 aromatic carbocycles. The molecule has 0 aliphatic rings. The lowest BCUT2D eigenvalue weighted by Crippen LogP contribution is -2.14. The van der Waals surface area contributed by atoms with Crippen LogP contribution in [0.4, 0.5) is 0 Å². The fourth-order valence-corrected chi connectivity index (χ4v) is 5.07. The molecule has 0 unspecified atom stereocenters. The minimum atomic E-state index is -0.176. The van der Waals surface area contributed by atoms with Crippen LogP contribution in [0.3, 0.4) is 0 Å². The zero-order valence-electron chi connectivity index (χ0n) is 18.1. The molecule has 0 bridgehead atoms. The number of aryl methyl sites for hydroxylation is 1. The lowest BCUT2D eigenvalue weighted by Gasteiger charge is -1.99. The number of ketones is 1. The summed E-state index contributed by atoms with van der Waals surface area (Å²) >= 11 is 2.56. The van der Waals surface area contributed by atoms with Crippen molar-refractivity contribution in [3.63, 3.8) is 0 Å². The van der Waals surface area contributed by atoms with Gasteiger partial charge in [-0.2, -0.15) is 10.2 Å². The van der Waals surface area contributed by atoms with Crippen molar-refractivity contribution in [3.8, 4) is 16.3 Å². The normalized spacial score (nSPS) is 11.9. The maximum Gasteiger partial charge on any atom is 0.235 e. The summed E-state index contributed by atoms with van der Waals surface area (Å²) < 4.78 is 1.63. The van der Waals surface area contributed by atoms with E-state index in [0.29, 0.717) is 20.4 Å². The predicted molar refractivity (Wildman–Crippen MR) is 135 cm³/mol. The van der Waals surface area contributed by atoms with E-state index in [9.17, 15) is 4.79 Å². The number of carbonyl (C=O) groups excluding carboxylic acids is 1. The molecule has 166 valence electrons. The molecule has 5 aromatic rings. The molecule has 3 aromatic heterocycles. The van der Waals surface area contributed by atoms with E-state index in [1.165, 1.54) is 22.7 Å². The van der Waals surface area contributed by atoms with E-state index in [1.54, 1.807) is 23.3 Å². The van der Waals surface area contributed by atoms with Gasteiger partial charge in [-0.1, -0.05) is 65.9 Å². The molecular weight excluding hydrogens is 464 g/mol. The van der Waals surface area contributed by atoms with Gasteiger partial charge in [-0.05, 0) is 25.1 Å². The Morgan fingerprint density at radius 3 is 2.47 bits per heavy atom. The van der Waals surface area contributed by atoms with Gasteiger partial charge in [0.25, 0.3) is 0 Å². The number of hydrogen-bond acceptors (Lipinski definition) is 8. The Balaban J connectivity index is 1.54. The molecule has 0 aliphatic heterocycles. The van der Waals surface area contributed by atoms with Crippen molar-refractivity contribution in [2.45, 2.75) is 6.92 Å². The van der Waals surface area contributed by atoms with Crippen LogP contribution >= 0.6 is 22.7 Å². The van der Waals surface area contributed by atoms with Crippen molar-refractivity contribution in [2.24, 2.45) is 10.2 Å². The zero-order valence-corrected chi connectivity index (χ0v) is 19.7. The van der Waals surface area contributed by atoms with Crippen molar-refractivity contribution in [2.75, 3.05) is 0 Å². The second-order valence-corrected chi connectivity index (χ2v) is 9.15. The van der Waals surface area contributed by atoms with Crippen molar-refractivity contribution >= 4 is 34.7 Å². The van der Waals surface area contributed by atoms with Crippen LogP contribution in [0.1, 0.15) is 25.9 Å². The van der Waals surface area contributed by atoms with Crippen molar-refractivity contribution in [3.05, 3.63) is 111 Å². The van der Waals surface area contributed by atoms with Gasteiger partial charge in [0.15, 0.2) is 5.01 Å². The highest BCUT2D eigenvalue weighted by atomic mass is 32.1. The third-order valence-electron chi connectivity index (χ3n) is 4.81. The topological polar surface area (TPSA) is 85.4 Å². The Kier molecular flexibility index (Phi) is 6.28. The van der Waals surface area contributed by atoms with Gasteiger partial charge >= 0.3 is 0 Å². The third-order valence-corrected chi connectivity index (χ3v) is 6.92. The van der Waals surface area contributed by atoms with Crippen LogP contribution in [0.5, 0.6) is 0 Å². The maximum absolute atomic E-state index is 13.4. The van der Waals surface area contributed by atoms with Crippen LogP contribution in [-0.4, -0.2) is 31.7 Å². The lowest BCUT2D eigenvalue weighted by molar-refractivity contribution is 0.104. The Labute approximate surface area is 203 Å². The molecule has 0 N–H and O–H groups in total. The first-order valence-corrected chi connectivity index (χ1v) is 12.0. The molecule has 0 saturated heterocycles. The second kappa shape index (κ2) is 9.82. The first-order valence-electron chi connectivity index (χ1n) is 10.4. The number of nitrogens with zero attached hydrogens (tertiary/aromatic N) is 6. The number of rotatable bonds is 6. The second-order valence-electron chi connectivity index (χ2n) is 7.20. The molecule has 0 spiro atoms. The van der Waals surface area contributed by atoms with Gasteiger partial charge < -0.3 is 0 Å². The first kappa shape index (κ1) is 21.7. The average molecular weight is 483 g/mol. The van der Waals surface area contributed by atoms with Crippen LogP contribution in [0.2, 0.25) is 0 Å². The van der Waals surface area contributed by atoms with Gasteiger partial charge in [-0.3, -0.25) is 9.78 Å². The quantitative estimate of drug-likeness (QED) is 0.195. The van der Waals surface area contributed by atoms with Crippen LogP contribution < -0.4 is 4.80 Å². The van der Waals surface area contributed by atoms with E-state index < -0.39 is 0 Å². The predicted octanol–water partition coefficient (Wildman–Crippen LogP) is 4.93. The van der Waals surface area contributed by atoms with E-state index >= 15 is 0 Å². The fraction of sp³-hybridized carbons (Fsp3) is 0.0400. The van der Waals surface area contributed by atoms with Gasteiger partial charge in [0.1, 0.15) is 9.88 Å². The molecule has 0 amide bonds. The smallest absolute Gasteiger partial charge is 0.235 e. The van der Waals surface area contributed by atoms with E-state index in [4.69, 9.17) is 0 Å². The summed E-state index contributed by atoms with van der Waals surface area (Å²) in [5.74, 6) is -0.176. The Bertz CT molecular complexity index is 1520. The Morgan fingerprint density at radius 2 is 1.74 bits per heavy atom. The van der Waals surface area contributed by atoms with Gasteiger partial charge in [0.05, 0.1) is 17.6 Å². The van der Waals surface area contributed by atoms with Crippen LogP contribution in [-0.2, 0) is 0 Å². The maximum atomic E-state index is 13.4. The Morgan fingerprint density at radius 1 is 0.971 bits per heavy atom. The molecule has 0 aliphatic carbocycles. The van der Waals surface area contributed by atoms with E-state index in [-0.39, 0.29) is 5.78 Å². The summed E-state index contributed by atoms with van der Waals surface area (Å²) in [6.07, 6.45) is 5.01. The SMILES string of the molecule is Cc1nc(-c2ccccc2)sc1C(=O)c1nn(-c2ccccc2)/c(=N/N=C/c2cccnc2)s1. The summed E-state index contributed by atoms with van der Waals surface area (Å²) in [5.41, 5.74) is 3.28. The summed E-state index contributed by atoms with van der Waals surface area (Å²) in [7, 11) is 0. The van der Waals surface area contributed by atoms with E-state index in [2.05, 4.69) is 25.3 Å². The molecule has 0 atom stereocenters. The van der Waals surface area contributed by atoms with Gasteiger partial charge in [-0.25, -0.2) is 9.67 Å². The summed E-state index contributed by atoms with van der Waals surface area (Å²) in [6.45, 7) is 1.85. The summed E-state index contributed by atoms with van der Waals surface area (Å²) in [5, 5.41) is 14.3. The number of hydrogen-bond donors (Lipinski definition) is 0. The summed E-state index contributed by atoms with van der Waals surface area (Å²) in [6, 6.07) is 23.1. The van der Waals surface area contributed by atoms with Gasteiger partial charge in [-0.15, -0.1) is 16.4 Å². The highest BCUT2D eigenvalue weighted by molar-refractivity contribution is 7.18. The van der Waals surface area contributed by atoms with Crippen molar-refractivity contribution in [1.29, 1.82) is 0 Å². The monoisotopic (exact) mass is 482 g/mol. The largest absolute Gasteiger partial charge is 0.285 e. The number of benzene rings is 2. The van der Waals surface area contributed by atoms with E-state index in [0.717, 1.165) is 21.8 Å². The Hall–Kier alpha value is -4.08. The number of carbonyl (C=O) groups is 1. The number of aromatic nitrogens is 4. The number of para-hydroxylation sites is 1. The average Bonchev–Trinajstić information content (AvgIpc) is 3.49. The highest BCUT2D eigenvalue weighted by Crippen LogP contribution is 2.29. The molecule has 9 heteroatoms. The fourth-order valence-electron chi connectivity index (χ4n) is 3.18. The van der Waals surface area contributed by atoms with Crippen molar-refractivity contribution < 1.29 is 4.79 Å². The molecule has 3 heterocycles. The van der Waals surface area contributed by atoms with Crippen LogP contribution in [0.15, 0.2) is 95.4 Å². The van der Waals surface area contributed by atoms with Gasteiger partial charge in [0.2, 0.25) is 10.6 Å². The van der Waals surface area contributed by atoms with E-state index in [1.807, 2.05) is 79.7 Å².